The van der Waals surface area contributed by atoms with Gasteiger partial charge in [-0.3, -0.25) is 9.20 Å². The van der Waals surface area contributed by atoms with Crippen molar-refractivity contribution in [2.75, 3.05) is 26.5 Å². The molecule has 3 unspecified atom stereocenters. The average molecular weight is 400 g/mol. The Bertz CT molecular complexity index is 639. The van der Waals surface area contributed by atoms with E-state index in [1.165, 1.54) is 0 Å². The second-order valence-corrected chi connectivity index (χ2v) is 8.92. The number of ether oxygens (including phenoxy) is 1. The summed E-state index contributed by atoms with van der Waals surface area (Å²) >= 11 is 6.29. The second-order valence-electron chi connectivity index (χ2n) is 6.51. The maximum Gasteiger partial charge on any atom is 0.191 e. The molecule has 5 nitrogen and oxygen atoms in total. The van der Waals surface area contributed by atoms with E-state index >= 15 is 0 Å². The monoisotopic (exact) mass is 399 g/mol. The maximum absolute atomic E-state index is 12.1. The molecule has 2 N–H and O–H groups in total. The van der Waals surface area contributed by atoms with Crippen molar-refractivity contribution in [3.8, 4) is 5.75 Å². The summed E-state index contributed by atoms with van der Waals surface area (Å²) in [5, 5.41) is 7.86. The van der Waals surface area contributed by atoms with Crippen molar-refractivity contribution in [3.05, 3.63) is 28.8 Å². The van der Waals surface area contributed by atoms with E-state index in [1.54, 1.807) is 14.2 Å². The summed E-state index contributed by atoms with van der Waals surface area (Å²) in [5.74, 6) is 2.30. The van der Waals surface area contributed by atoms with Gasteiger partial charge in [0.05, 0.1) is 7.11 Å². The molecule has 2 rings (SSSR count). The Morgan fingerprint density at radius 2 is 2.23 bits per heavy atom. The molecule has 7 heteroatoms. The molecule has 0 radical (unpaired) electrons. The van der Waals surface area contributed by atoms with Gasteiger partial charge in [-0.1, -0.05) is 31.0 Å². The van der Waals surface area contributed by atoms with Gasteiger partial charge in [0.25, 0.3) is 0 Å². The maximum atomic E-state index is 12.1. The van der Waals surface area contributed by atoms with Crippen LogP contribution in [0.5, 0.6) is 5.75 Å². The van der Waals surface area contributed by atoms with Crippen molar-refractivity contribution in [1.82, 2.24) is 10.6 Å². The van der Waals surface area contributed by atoms with Gasteiger partial charge in [0.15, 0.2) is 5.96 Å². The smallest absolute Gasteiger partial charge is 0.191 e. The fraction of sp³-hybridized carbons (Fsp3) is 0.632. The zero-order chi connectivity index (χ0) is 18.9. The Kier molecular flexibility index (Phi) is 8.72. The van der Waals surface area contributed by atoms with Gasteiger partial charge in [-0.15, -0.1) is 0 Å². The van der Waals surface area contributed by atoms with Crippen LogP contribution in [-0.4, -0.2) is 47.9 Å². The Morgan fingerprint density at radius 3 is 2.88 bits per heavy atom. The number of rotatable bonds is 7. The number of nitrogens with one attached hydrogen (secondary N) is 2. The lowest BCUT2D eigenvalue weighted by Gasteiger charge is -2.30. The summed E-state index contributed by atoms with van der Waals surface area (Å²) in [7, 11) is 2.70. The van der Waals surface area contributed by atoms with Crippen LogP contribution in [0.2, 0.25) is 5.02 Å². The molecular formula is C19H30ClN3O2S. The highest BCUT2D eigenvalue weighted by Crippen LogP contribution is 2.23. The molecule has 3 atom stereocenters. The van der Waals surface area contributed by atoms with Crippen molar-refractivity contribution in [1.29, 1.82) is 0 Å². The summed E-state index contributed by atoms with van der Waals surface area (Å²) in [5.41, 5.74) is 1.08. The molecule has 0 saturated heterocycles. The first-order valence-electron chi connectivity index (χ1n) is 9.24. The lowest BCUT2D eigenvalue weighted by atomic mass is 9.95. The number of aliphatic imine (C=N–C) groups is 1. The van der Waals surface area contributed by atoms with Gasteiger partial charge in [0.2, 0.25) is 0 Å². The lowest BCUT2D eigenvalue weighted by Crippen LogP contribution is -2.47. The SMILES string of the molecule is CCS(=O)C1CCCC(NC(=NC)NCCc2ccc(OC)cc2Cl)C1. The van der Waals surface area contributed by atoms with Crippen LogP contribution in [0.4, 0.5) is 0 Å². The number of hydrogen-bond acceptors (Lipinski definition) is 3. The van der Waals surface area contributed by atoms with E-state index in [0.29, 0.717) is 16.3 Å². The molecular weight excluding hydrogens is 370 g/mol. The summed E-state index contributed by atoms with van der Waals surface area (Å²) in [4.78, 5) is 4.32. The number of hydrogen-bond donors (Lipinski definition) is 2. The highest BCUT2D eigenvalue weighted by molar-refractivity contribution is 7.85. The minimum atomic E-state index is -0.712. The van der Waals surface area contributed by atoms with E-state index < -0.39 is 10.8 Å². The summed E-state index contributed by atoms with van der Waals surface area (Å²) in [6, 6.07) is 6.08. The fourth-order valence-corrected chi connectivity index (χ4v) is 4.92. The molecule has 1 fully saturated rings. The first-order chi connectivity index (χ1) is 12.6. The highest BCUT2D eigenvalue weighted by atomic mass is 35.5. The van der Waals surface area contributed by atoms with Crippen LogP contribution in [0, 0.1) is 0 Å². The molecule has 1 saturated carbocycles. The highest BCUT2D eigenvalue weighted by Gasteiger charge is 2.25. The van der Waals surface area contributed by atoms with Crippen molar-refractivity contribution >= 4 is 28.4 Å². The van der Waals surface area contributed by atoms with Gasteiger partial charge in [-0.25, -0.2) is 0 Å². The van der Waals surface area contributed by atoms with E-state index in [-0.39, 0.29) is 0 Å². The molecule has 0 amide bonds. The molecule has 1 aromatic rings. The number of benzene rings is 1. The van der Waals surface area contributed by atoms with Gasteiger partial charge in [-0.05, 0) is 43.4 Å². The van der Waals surface area contributed by atoms with E-state index in [0.717, 1.165) is 61.7 Å². The van der Waals surface area contributed by atoms with Gasteiger partial charge in [0, 0.05) is 46.5 Å². The average Bonchev–Trinajstić information content (AvgIpc) is 2.67. The van der Waals surface area contributed by atoms with E-state index in [2.05, 4.69) is 15.6 Å². The molecule has 0 aliphatic heterocycles. The van der Waals surface area contributed by atoms with Crippen molar-refractivity contribution < 1.29 is 8.95 Å². The van der Waals surface area contributed by atoms with Crippen LogP contribution in [0.25, 0.3) is 0 Å². The summed E-state index contributed by atoms with van der Waals surface area (Å²) < 4.78 is 17.3. The summed E-state index contributed by atoms with van der Waals surface area (Å²) in [6.07, 6.45) is 5.04. The van der Waals surface area contributed by atoms with Crippen LogP contribution in [0.15, 0.2) is 23.2 Å². The van der Waals surface area contributed by atoms with Gasteiger partial charge in [0.1, 0.15) is 5.75 Å². The predicted molar refractivity (Wildman–Crippen MR) is 111 cm³/mol. The third-order valence-corrected chi connectivity index (χ3v) is 6.89. The normalized spacial score (nSPS) is 21.9. The first kappa shape index (κ1) is 21.0. The van der Waals surface area contributed by atoms with Crippen molar-refractivity contribution in [2.24, 2.45) is 4.99 Å². The summed E-state index contributed by atoms with van der Waals surface area (Å²) in [6.45, 7) is 2.74. The molecule has 1 aliphatic rings. The van der Waals surface area contributed by atoms with Crippen LogP contribution >= 0.6 is 11.6 Å². The molecule has 1 aliphatic carbocycles. The van der Waals surface area contributed by atoms with Crippen LogP contribution in [0.3, 0.4) is 0 Å². The number of methoxy groups -OCH3 is 1. The second kappa shape index (κ2) is 10.8. The molecule has 0 spiro atoms. The third kappa shape index (κ3) is 6.16. The van der Waals surface area contributed by atoms with Gasteiger partial charge >= 0.3 is 0 Å². The number of nitrogens with zero attached hydrogens (tertiary/aromatic N) is 1. The predicted octanol–water partition coefficient (Wildman–Crippen LogP) is 3.14. The van der Waals surface area contributed by atoms with E-state index in [9.17, 15) is 4.21 Å². The van der Waals surface area contributed by atoms with Crippen LogP contribution in [0.1, 0.15) is 38.2 Å². The Hall–Kier alpha value is -1.27. The minimum absolute atomic E-state index is 0.308. The zero-order valence-corrected chi connectivity index (χ0v) is 17.5. The quantitative estimate of drug-likeness (QED) is 0.546. The Balaban J connectivity index is 1.81. The Labute approximate surface area is 164 Å². The fourth-order valence-electron chi connectivity index (χ4n) is 3.31. The van der Waals surface area contributed by atoms with E-state index in [4.69, 9.17) is 16.3 Å². The topological polar surface area (TPSA) is 62.7 Å². The molecule has 1 aromatic carbocycles. The molecule has 0 heterocycles. The zero-order valence-electron chi connectivity index (χ0n) is 15.9. The van der Waals surface area contributed by atoms with Crippen molar-refractivity contribution in [2.45, 2.75) is 50.3 Å². The number of halogens is 1. The third-order valence-electron chi connectivity index (χ3n) is 4.79. The lowest BCUT2D eigenvalue weighted by molar-refractivity contribution is 0.413. The molecule has 0 aromatic heterocycles. The van der Waals surface area contributed by atoms with Crippen LogP contribution < -0.4 is 15.4 Å². The van der Waals surface area contributed by atoms with Crippen molar-refractivity contribution in [3.63, 3.8) is 0 Å². The molecule has 26 heavy (non-hydrogen) atoms. The largest absolute Gasteiger partial charge is 0.497 e. The minimum Gasteiger partial charge on any atom is -0.497 e. The number of guanidine groups is 1. The first-order valence-corrected chi connectivity index (χ1v) is 11.0. The van der Waals surface area contributed by atoms with Crippen LogP contribution in [-0.2, 0) is 17.2 Å². The van der Waals surface area contributed by atoms with E-state index in [1.807, 2.05) is 25.1 Å². The Morgan fingerprint density at radius 1 is 1.42 bits per heavy atom. The molecule has 146 valence electrons. The standard InChI is InChI=1S/C19H30ClN3O2S/c1-4-26(24)17-7-5-6-15(12-17)23-19(21-2)22-11-10-14-8-9-16(25-3)13-18(14)20/h8-9,13,15,17H,4-7,10-12H2,1-3H3,(H2,21,22,23). The molecule has 0 bridgehead atoms. The van der Waals surface area contributed by atoms with Gasteiger partial charge in [-0.2, -0.15) is 0 Å². The van der Waals surface area contributed by atoms with Gasteiger partial charge < -0.3 is 15.4 Å².